The fraction of sp³-hybridized carbons (Fsp3) is 0.0847. The van der Waals surface area contributed by atoms with Gasteiger partial charge in [0.1, 0.15) is 0 Å². The van der Waals surface area contributed by atoms with E-state index in [1.165, 1.54) is 77.4 Å². The number of nitrogens with zero attached hydrogens (tertiary/aromatic N) is 2. The average molecular weight is 779 g/mol. The van der Waals surface area contributed by atoms with Crippen molar-refractivity contribution in [3.63, 3.8) is 0 Å². The lowest BCUT2D eigenvalue weighted by Crippen LogP contribution is -2.22. The smallest absolute Gasteiger partial charge is 0.161 e. The Hall–Kier alpha value is -7.42. The highest BCUT2D eigenvalue weighted by Gasteiger charge is 2.41. The van der Waals surface area contributed by atoms with Crippen molar-refractivity contribution in [2.45, 2.75) is 31.6 Å². The second-order valence-corrected chi connectivity index (χ2v) is 17.4. The summed E-state index contributed by atoms with van der Waals surface area (Å²) in [5.74, 6) is 0.714. The summed E-state index contributed by atoms with van der Waals surface area (Å²) in [4.78, 5) is 10.8. The molecular formula is C59H42N2. The minimum atomic E-state index is -0.259. The SMILES string of the molecule is CC1(C)c2ccc(-c3ccc(-c4nc(-c5ccccc5)cc(-c5ccc6c(c5)-c5ccccc5C6(C)c5ccccc5)n4)c4ccccc34)cc2-c2ccc3ccccc3c21. The summed E-state index contributed by atoms with van der Waals surface area (Å²) in [5.41, 5.74) is 18.9. The third-order valence-electron chi connectivity index (χ3n) is 13.8. The summed E-state index contributed by atoms with van der Waals surface area (Å²) in [6, 6.07) is 73.1. The molecule has 2 heteroatoms. The standard InChI is InChI=1S/C59H42N2/c1-58(2)51-32-27-39(34-50(51)47-29-26-37-16-10-11-21-43(37)56(47)58)42-30-31-48(45-23-13-12-22-44(42)45)57-60-54(38-17-6-4-7-18-38)36-55(61-57)40-28-33-53-49(35-40)46-24-14-15-25-52(46)59(53,3)41-19-8-5-9-20-41/h4-36H,1-3H3. The molecular weight excluding hydrogens is 737 g/mol. The normalized spacial score (nSPS) is 15.7. The lowest BCUT2D eigenvalue weighted by atomic mass is 9.74. The Bertz CT molecular complexity index is 3400. The summed E-state index contributed by atoms with van der Waals surface area (Å²) in [6.45, 7) is 7.10. The maximum absolute atomic E-state index is 5.43. The second-order valence-electron chi connectivity index (χ2n) is 17.4. The van der Waals surface area contributed by atoms with Crippen molar-refractivity contribution in [2.75, 3.05) is 0 Å². The highest BCUT2D eigenvalue weighted by atomic mass is 14.9. The van der Waals surface area contributed by atoms with E-state index in [-0.39, 0.29) is 10.8 Å². The van der Waals surface area contributed by atoms with Crippen LogP contribution in [0.1, 0.15) is 48.6 Å². The Labute approximate surface area is 356 Å². The van der Waals surface area contributed by atoms with Gasteiger partial charge in [-0.15, -0.1) is 0 Å². The van der Waals surface area contributed by atoms with E-state index in [1.54, 1.807) is 0 Å². The van der Waals surface area contributed by atoms with Crippen molar-refractivity contribution in [2.24, 2.45) is 0 Å². The van der Waals surface area contributed by atoms with Crippen LogP contribution in [0.2, 0.25) is 0 Å². The molecule has 0 saturated heterocycles. The van der Waals surface area contributed by atoms with Crippen LogP contribution in [0, 0.1) is 0 Å². The van der Waals surface area contributed by atoms with E-state index >= 15 is 0 Å². The molecule has 0 spiro atoms. The molecule has 2 nitrogen and oxygen atoms in total. The molecule has 0 fully saturated rings. The molecule has 0 bridgehead atoms. The number of fused-ring (bicyclic) bond motifs is 9. The molecule has 1 heterocycles. The average Bonchev–Trinajstić information content (AvgIpc) is 3.72. The molecule has 61 heavy (non-hydrogen) atoms. The molecule has 0 aliphatic heterocycles. The van der Waals surface area contributed by atoms with Gasteiger partial charge in [-0.25, -0.2) is 9.97 Å². The van der Waals surface area contributed by atoms with Crippen LogP contribution in [0.15, 0.2) is 200 Å². The first-order valence-corrected chi connectivity index (χ1v) is 21.3. The summed E-state index contributed by atoms with van der Waals surface area (Å²) in [6.07, 6.45) is 0. The van der Waals surface area contributed by atoms with Gasteiger partial charge in [-0.2, -0.15) is 0 Å². The van der Waals surface area contributed by atoms with Crippen molar-refractivity contribution in [3.05, 3.63) is 228 Å². The van der Waals surface area contributed by atoms with Crippen molar-refractivity contribution in [1.82, 2.24) is 9.97 Å². The lowest BCUT2D eigenvalue weighted by molar-refractivity contribution is 0.666. The van der Waals surface area contributed by atoms with E-state index in [1.807, 2.05) is 0 Å². The second kappa shape index (κ2) is 13.3. The largest absolute Gasteiger partial charge is 0.228 e. The van der Waals surface area contributed by atoms with Crippen LogP contribution in [0.4, 0.5) is 0 Å². The zero-order valence-corrected chi connectivity index (χ0v) is 34.4. The van der Waals surface area contributed by atoms with Gasteiger partial charge in [-0.1, -0.05) is 190 Å². The Morgan fingerprint density at radius 2 is 0.902 bits per heavy atom. The van der Waals surface area contributed by atoms with E-state index in [0.717, 1.165) is 33.5 Å². The summed E-state index contributed by atoms with van der Waals surface area (Å²) in [7, 11) is 0. The van der Waals surface area contributed by atoms with Crippen molar-refractivity contribution in [1.29, 1.82) is 0 Å². The highest BCUT2D eigenvalue weighted by molar-refractivity contribution is 6.05. The van der Waals surface area contributed by atoms with Crippen LogP contribution in [0.25, 0.3) is 88.8 Å². The van der Waals surface area contributed by atoms with Gasteiger partial charge in [0, 0.05) is 27.5 Å². The van der Waals surface area contributed by atoms with E-state index < -0.39 is 0 Å². The predicted octanol–water partition coefficient (Wildman–Crippen LogP) is 15.1. The zero-order chi connectivity index (χ0) is 40.9. The molecule has 1 unspecified atom stereocenters. The molecule has 2 aliphatic carbocycles. The molecule has 12 rings (SSSR count). The van der Waals surface area contributed by atoms with Gasteiger partial charge in [0.15, 0.2) is 5.82 Å². The monoisotopic (exact) mass is 778 g/mol. The van der Waals surface area contributed by atoms with E-state index in [4.69, 9.17) is 9.97 Å². The van der Waals surface area contributed by atoms with Crippen LogP contribution in [0.3, 0.4) is 0 Å². The molecule has 288 valence electrons. The van der Waals surface area contributed by atoms with Crippen LogP contribution in [-0.2, 0) is 10.8 Å². The molecule has 2 aliphatic rings. The molecule has 9 aromatic carbocycles. The Morgan fingerprint density at radius 3 is 1.70 bits per heavy atom. The van der Waals surface area contributed by atoms with Gasteiger partial charge < -0.3 is 0 Å². The quantitative estimate of drug-likeness (QED) is 0.174. The molecule has 0 saturated carbocycles. The highest BCUT2D eigenvalue weighted by Crippen LogP contribution is 2.54. The van der Waals surface area contributed by atoms with Gasteiger partial charge in [0.05, 0.1) is 11.4 Å². The topological polar surface area (TPSA) is 25.8 Å². The van der Waals surface area contributed by atoms with Crippen molar-refractivity contribution >= 4 is 21.5 Å². The Balaban J connectivity index is 1.01. The third kappa shape index (κ3) is 5.28. The molecule has 10 aromatic rings. The van der Waals surface area contributed by atoms with Gasteiger partial charge in [-0.3, -0.25) is 0 Å². The predicted molar refractivity (Wildman–Crippen MR) is 254 cm³/mol. The molecule has 0 amide bonds. The summed E-state index contributed by atoms with van der Waals surface area (Å²) in [5, 5.41) is 4.94. The maximum atomic E-state index is 5.43. The molecule has 1 atom stereocenters. The first-order valence-electron chi connectivity index (χ1n) is 21.3. The Morgan fingerprint density at radius 1 is 0.344 bits per heavy atom. The number of rotatable bonds is 5. The first kappa shape index (κ1) is 35.5. The summed E-state index contributed by atoms with van der Waals surface area (Å²) < 4.78 is 0. The number of aromatic nitrogens is 2. The van der Waals surface area contributed by atoms with Crippen molar-refractivity contribution in [3.8, 4) is 67.3 Å². The third-order valence-corrected chi connectivity index (χ3v) is 13.8. The zero-order valence-electron chi connectivity index (χ0n) is 34.4. The van der Waals surface area contributed by atoms with Gasteiger partial charge in [0.2, 0.25) is 0 Å². The van der Waals surface area contributed by atoms with Crippen LogP contribution in [0.5, 0.6) is 0 Å². The minimum Gasteiger partial charge on any atom is -0.228 e. The Kier molecular flexibility index (Phi) is 7.74. The van der Waals surface area contributed by atoms with E-state index in [2.05, 4.69) is 221 Å². The number of hydrogen-bond acceptors (Lipinski definition) is 2. The van der Waals surface area contributed by atoms with Gasteiger partial charge in [0.25, 0.3) is 0 Å². The van der Waals surface area contributed by atoms with E-state index in [0.29, 0.717) is 5.82 Å². The lowest BCUT2D eigenvalue weighted by Gasteiger charge is -2.28. The summed E-state index contributed by atoms with van der Waals surface area (Å²) >= 11 is 0. The van der Waals surface area contributed by atoms with Gasteiger partial charge in [-0.05, 0) is 114 Å². The minimum absolute atomic E-state index is 0.0986. The van der Waals surface area contributed by atoms with Crippen LogP contribution in [-0.4, -0.2) is 9.97 Å². The van der Waals surface area contributed by atoms with E-state index in [9.17, 15) is 0 Å². The molecule has 0 radical (unpaired) electrons. The van der Waals surface area contributed by atoms with Crippen LogP contribution < -0.4 is 0 Å². The van der Waals surface area contributed by atoms with Gasteiger partial charge >= 0.3 is 0 Å². The number of benzene rings is 9. The maximum Gasteiger partial charge on any atom is 0.161 e. The van der Waals surface area contributed by atoms with Crippen LogP contribution >= 0.6 is 0 Å². The fourth-order valence-corrected chi connectivity index (χ4v) is 10.7. The van der Waals surface area contributed by atoms with Crippen molar-refractivity contribution < 1.29 is 0 Å². The molecule has 1 aromatic heterocycles. The first-order chi connectivity index (χ1) is 29.9. The molecule has 0 N–H and O–H groups in total. The number of hydrogen-bond donors (Lipinski definition) is 0. The fourth-order valence-electron chi connectivity index (χ4n) is 10.7.